The van der Waals surface area contributed by atoms with Crippen LogP contribution in [0, 0.1) is 0 Å². The van der Waals surface area contributed by atoms with Gasteiger partial charge in [0, 0.05) is 25.2 Å². The second-order valence-electron chi connectivity index (χ2n) is 7.63. The van der Waals surface area contributed by atoms with Gasteiger partial charge in [-0.05, 0) is 63.8 Å². The molecule has 0 spiro atoms. The van der Waals surface area contributed by atoms with Gasteiger partial charge in [-0.2, -0.15) is 0 Å². The summed E-state index contributed by atoms with van der Waals surface area (Å²) in [6.45, 7) is 9.71. The van der Waals surface area contributed by atoms with Crippen LogP contribution >= 0.6 is 0 Å². The molecule has 0 bridgehead atoms. The Morgan fingerprint density at radius 1 is 1.12 bits per heavy atom. The van der Waals surface area contributed by atoms with E-state index in [0.717, 1.165) is 18.6 Å². The number of unbranched alkanes of at least 4 members (excludes halogenated alkanes) is 1. The third-order valence-corrected chi connectivity index (χ3v) is 5.74. The zero-order chi connectivity index (χ0) is 16.6. The fourth-order valence-corrected chi connectivity index (χ4v) is 4.26. The van der Waals surface area contributed by atoms with Crippen molar-refractivity contribution in [3.63, 3.8) is 0 Å². The molecule has 0 aliphatic carbocycles. The molecule has 1 unspecified atom stereocenters. The SMILES string of the molecule is CCCCN(CC1CCCN1)C1CCN(Cc2ccccc2)CC1. The number of likely N-dealkylation sites (tertiary alicyclic amines) is 1. The highest BCUT2D eigenvalue weighted by Crippen LogP contribution is 2.20. The zero-order valence-corrected chi connectivity index (χ0v) is 15.4. The number of hydrogen-bond donors (Lipinski definition) is 1. The fourth-order valence-electron chi connectivity index (χ4n) is 4.26. The van der Waals surface area contributed by atoms with Gasteiger partial charge in [0.1, 0.15) is 0 Å². The maximum Gasteiger partial charge on any atom is 0.0233 e. The highest BCUT2D eigenvalue weighted by atomic mass is 15.2. The van der Waals surface area contributed by atoms with Crippen LogP contribution in [0.5, 0.6) is 0 Å². The summed E-state index contributed by atoms with van der Waals surface area (Å²) in [5.74, 6) is 0. The minimum atomic E-state index is 0.740. The van der Waals surface area contributed by atoms with Crippen LogP contribution in [0.15, 0.2) is 30.3 Å². The molecule has 0 radical (unpaired) electrons. The van der Waals surface area contributed by atoms with Crippen LogP contribution in [0.4, 0.5) is 0 Å². The van der Waals surface area contributed by atoms with Crippen molar-refractivity contribution in [2.45, 2.75) is 64.1 Å². The second kappa shape index (κ2) is 9.55. The molecule has 0 aromatic heterocycles. The number of hydrogen-bond acceptors (Lipinski definition) is 3. The van der Waals surface area contributed by atoms with Gasteiger partial charge in [0.25, 0.3) is 0 Å². The molecule has 0 saturated carbocycles. The predicted molar refractivity (Wildman–Crippen MR) is 102 cm³/mol. The normalized spacial score (nSPS) is 23.2. The molecule has 1 N–H and O–H groups in total. The molecule has 2 aliphatic heterocycles. The van der Waals surface area contributed by atoms with Gasteiger partial charge in [-0.3, -0.25) is 9.80 Å². The van der Waals surface area contributed by atoms with Gasteiger partial charge in [0.05, 0.1) is 0 Å². The van der Waals surface area contributed by atoms with Gasteiger partial charge in [0.2, 0.25) is 0 Å². The third-order valence-electron chi connectivity index (χ3n) is 5.74. The van der Waals surface area contributed by atoms with E-state index in [1.807, 2.05) is 0 Å². The average Bonchev–Trinajstić information content (AvgIpc) is 3.13. The lowest BCUT2D eigenvalue weighted by Crippen LogP contribution is -2.48. The highest BCUT2D eigenvalue weighted by molar-refractivity contribution is 5.14. The lowest BCUT2D eigenvalue weighted by atomic mass is 10.0. The van der Waals surface area contributed by atoms with E-state index < -0.39 is 0 Å². The molecule has 2 fully saturated rings. The van der Waals surface area contributed by atoms with Crippen LogP contribution < -0.4 is 5.32 Å². The molecule has 3 heteroatoms. The molecule has 1 atom stereocenters. The monoisotopic (exact) mass is 329 g/mol. The maximum atomic E-state index is 3.69. The summed E-state index contributed by atoms with van der Waals surface area (Å²) in [5, 5.41) is 3.69. The summed E-state index contributed by atoms with van der Waals surface area (Å²) in [5.41, 5.74) is 1.45. The number of rotatable bonds is 8. The summed E-state index contributed by atoms with van der Waals surface area (Å²) in [6, 6.07) is 12.5. The first kappa shape index (κ1) is 17.9. The van der Waals surface area contributed by atoms with Gasteiger partial charge in [-0.15, -0.1) is 0 Å². The Bertz CT molecular complexity index is 447. The van der Waals surface area contributed by atoms with E-state index in [2.05, 4.69) is 52.4 Å². The summed E-state index contributed by atoms with van der Waals surface area (Å²) in [4.78, 5) is 5.45. The molecule has 2 saturated heterocycles. The minimum Gasteiger partial charge on any atom is -0.313 e. The van der Waals surface area contributed by atoms with Crippen LogP contribution in [0.1, 0.15) is 51.0 Å². The summed E-state index contributed by atoms with van der Waals surface area (Å²) in [6.07, 6.45) is 8.06. The lowest BCUT2D eigenvalue weighted by molar-refractivity contribution is 0.0965. The van der Waals surface area contributed by atoms with Crippen LogP contribution in [0.3, 0.4) is 0 Å². The van der Waals surface area contributed by atoms with Crippen molar-refractivity contribution in [1.29, 1.82) is 0 Å². The number of piperidine rings is 1. The Hall–Kier alpha value is -0.900. The largest absolute Gasteiger partial charge is 0.313 e. The molecule has 2 heterocycles. The van der Waals surface area contributed by atoms with Crippen LogP contribution in [-0.4, -0.2) is 54.6 Å². The summed E-state index contributed by atoms with van der Waals surface area (Å²) >= 11 is 0. The molecular formula is C21H35N3. The molecule has 0 amide bonds. The standard InChI is InChI=1S/C21H35N3/c1-2-3-14-24(18-20-10-7-13-22-20)21-11-15-23(16-12-21)17-19-8-5-4-6-9-19/h4-6,8-9,20-22H,2-3,7,10-18H2,1H3. The van der Waals surface area contributed by atoms with Crippen LogP contribution in [0.25, 0.3) is 0 Å². The summed E-state index contributed by atoms with van der Waals surface area (Å²) in [7, 11) is 0. The van der Waals surface area contributed by atoms with Gasteiger partial charge >= 0.3 is 0 Å². The molecule has 24 heavy (non-hydrogen) atoms. The van der Waals surface area contributed by atoms with Crippen LogP contribution in [-0.2, 0) is 6.54 Å². The van der Waals surface area contributed by atoms with Crippen molar-refractivity contribution >= 4 is 0 Å². The Kier molecular flexibility index (Phi) is 7.13. The minimum absolute atomic E-state index is 0.740. The van der Waals surface area contributed by atoms with Crippen molar-refractivity contribution in [3.8, 4) is 0 Å². The first-order valence-corrected chi connectivity index (χ1v) is 10.1. The van der Waals surface area contributed by atoms with Gasteiger partial charge < -0.3 is 5.32 Å². The van der Waals surface area contributed by atoms with Crippen molar-refractivity contribution in [1.82, 2.24) is 15.1 Å². The Labute approximate surface area is 148 Å². The van der Waals surface area contributed by atoms with Crippen molar-refractivity contribution in [2.24, 2.45) is 0 Å². The van der Waals surface area contributed by atoms with E-state index in [-0.39, 0.29) is 0 Å². The van der Waals surface area contributed by atoms with Crippen molar-refractivity contribution in [2.75, 3.05) is 32.7 Å². The molecule has 3 rings (SSSR count). The highest BCUT2D eigenvalue weighted by Gasteiger charge is 2.27. The molecule has 2 aliphatic rings. The Morgan fingerprint density at radius 3 is 2.58 bits per heavy atom. The van der Waals surface area contributed by atoms with Gasteiger partial charge in [-0.1, -0.05) is 43.7 Å². The Balaban J connectivity index is 1.48. The van der Waals surface area contributed by atoms with Crippen molar-refractivity contribution < 1.29 is 0 Å². The fraction of sp³-hybridized carbons (Fsp3) is 0.714. The van der Waals surface area contributed by atoms with E-state index in [9.17, 15) is 0 Å². The Morgan fingerprint density at radius 2 is 1.92 bits per heavy atom. The smallest absolute Gasteiger partial charge is 0.0233 e. The predicted octanol–water partition coefficient (Wildman–Crippen LogP) is 3.51. The van der Waals surface area contributed by atoms with Gasteiger partial charge in [0.15, 0.2) is 0 Å². The zero-order valence-electron chi connectivity index (χ0n) is 15.4. The van der Waals surface area contributed by atoms with Crippen LogP contribution in [0.2, 0.25) is 0 Å². The maximum absolute atomic E-state index is 3.69. The first-order valence-electron chi connectivity index (χ1n) is 10.1. The van der Waals surface area contributed by atoms with E-state index in [1.165, 1.54) is 76.8 Å². The molecule has 3 nitrogen and oxygen atoms in total. The topological polar surface area (TPSA) is 18.5 Å². The van der Waals surface area contributed by atoms with E-state index in [0.29, 0.717) is 0 Å². The van der Waals surface area contributed by atoms with E-state index in [1.54, 1.807) is 0 Å². The first-order chi connectivity index (χ1) is 11.8. The molecule has 134 valence electrons. The summed E-state index contributed by atoms with van der Waals surface area (Å²) < 4.78 is 0. The quantitative estimate of drug-likeness (QED) is 0.787. The molecule has 1 aromatic rings. The number of nitrogens with one attached hydrogen (secondary N) is 1. The third kappa shape index (κ3) is 5.30. The number of nitrogens with zero attached hydrogens (tertiary/aromatic N) is 2. The van der Waals surface area contributed by atoms with E-state index in [4.69, 9.17) is 0 Å². The lowest BCUT2D eigenvalue weighted by Gasteiger charge is -2.39. The second-order valence-corrected chi connectivity index (χ2v) is 7.63. The molecular weight excluding hydrogens is 294 g/mol. The van der Waals surface area contributed by atoms with Crippen molar-refractivity contribution in [3.05, 3.63) is 35.9 Å². The number of benzene rings is 1. The molecule has 1 aromatic carbocycles. The average molecular weight is 330 g/mol. The van der Waals surface area contributed by atoms with Gasteiger partial charge in [-0.25, -0.2) is 0 Å². The van der Waals surface area contributed by atoms with E-state index >= 15 is 0 Å².